The van der Waals surface area contributed by atoms with Gasteiger partial charge in [0.25, 0.3) is 0 Å². The summed E-state index contributed by atoms with van der Waals surface area (Å²) in [7, 11) is 0. The van der Waals surface area contributed by atoms with Crippen LogP contribution in [0.1, 0.15) is 139 Å². The number of hydrogen-bond acceptors (Lipinski definition) is 12. The van der Waals surface area contributed by atoms with Gasteiger partial charge in [-0.15, -0.1) is 0 Å². The maximum atomic E-state index is 13.5. The minimum Gasteiger partial charge on any atom is -0.459 e. The summed E-state index contributed by atoms with van der Waals surface area (Å²) in [5, 5.41) is 65.8. The van der Waals surface area contributed by atoms with Crippen molar-refractivity contribution in [3.05, 3.63) is 24.3 Å². The number of esters is 1. The van der Waals surface area contributed by atoms with E-state index in [2.05, 4.69) is 32.9 Å². The molecule has 0 amide bonds. The zero-order chi connectivity index (χ0) is 39.9. The van der Waals surface area contributed by atoms with E-state index in [-0.39, 0.29) is 30.8 Å². The van der Waals surface area contributed by atoms with Crippen LogP contribution in [0.5, 0.6) is 0 Å². The Bertz CT molecular complexity index is 1350. The van der Waals surface area contributed by atoms with Crippen LogP contribution in [0.15, 0.2) is 24.3 Å². The van der Waals surface area contributed by atoms with Gasteiger partial charge in [-0.25, -0.2) is 4.79 Å². The summed E-state index contributed by atoms with van der Waals surface area (Å²) in [6.07, 6.45) is 7.66. The van der Waals surface area contributed by atoms with Crippen molar-refractivity contribution >= 4 is 5.97 Å². The molecule has 5 heterocycles. The van der Waals surface area contributed by atoms with Crippen LogP contribution in [0, 0.1) is 17.8 Å². The van der Waals surface area contributed by atoms with Crippen LogP contribution in [-0.2, 0) is 28.5 Å². The third-order valence-electron chi connectivity index (χ3n) is 13.2. The smallest absolute Gasteiger partial charge is 0.330 e. The first-order chi connectivity index (χ1) is 25.1. The van der Waals surface area contributed by atoms with E-state index in [1.807, 2.05) is 13.8 Å². The van der Waals surface area contributed by atoms with E-state index in [1.54, 1.807) is 13.8 Å². The second-order valence-electron chi connectivity index (χ2n) is 18.6. The first-order valence-electron chi connectivity index (χ1n) is 20.6. The second kappa shape index (κ2) is 16.4. The summed E-state index contributed by atoms with van der Waals surface area (Å²) < 4.78 is 33.1. The second-order valence-corrected chi connectivity index (χ2v) is 18.6. The molecular weight excluding hydrogens is 696 g/mol. The lowest BCUT2D eigenvalue weighted by atomic mass is 9.79. The topological polar surface area (TPSA) is 188 Å². The van der Waals surface area contributed by atoms with E-state index in [9.17, 15) is 35.4 Å². The summed E-state index contributed by atoms with van der Waals surface area (Å²) in [6, 6.07) is 0. The first kappa shape index (κ1) is 43.7. The van der Waals surface area contributed by atoms with Crippen LogP contribution < -0.4 is 0 Å². The maximum absolute atomic E-state index is 13.5. The predicted octanol–water partition coefficient (Wildman–Crippen LogP) is 4.74. The predicted molar refractivity (Wildman–Crippen MR) is 201 cm³/mol. The number of rotatable bonds is 3. The summed E-state index contributed by atoms with van der Waals surface area (Å²) in [4.78, 5) is 13.5. The number of aliphatic hydroxyl groups excluding tert-OH is 4. The molecule has 0 aromatic carbocycles. The highest BCUT2D eigenvalue weighted by Gasteiger charge is 2.78. The van der Waals surface area contributed by atoms with Gasteiger partial charge in [0.05, 0.1) is 47.8 Å². The molecule has 1 spiro atoms. The Morgan fingerprint density at radius 3 is 2.31 bits per heavy atom. The van der Waals surface area contributed by atoms with Crippen molar-refractivity contribution in [1.82, 2.24) is 0 Å². The molecule has 310 valence electrons. The number of hydrogen-bond donors (Lipinski definition) is 6. The number of carbonyl (C=O) groups is 1. The summed E-state index contributed by atoms with van der Waals surface area (Å²) in [5.41, 5.74) is -4.48. The average Bonchev–Trinajstić information content (AvgIpc) is 3.59. The molecule has 0 saturated carbocycles. The summed E-state index contributed by atoms with van der Waals surface area (Å²) in [6.45, 7) is 14.6. The lowest BCUT2D eigenvalue weighted by Gasteiger charge is -2.52. The first-order valence-corrected chi connectivity index (χ1v) is 20.6. The lowest BCUT2D eigenvalue weighted by Crippen LogP contribution is -2.58. The van der Waals surface area contributed by atoms with Gasteiger partial charge in [-0.05, 0) is 78.2 Å². The van der Waals surface area contributed by atoms with E-state index >= 15 is 0 Å². The van der Waals surface area contributed by atoms with Gasteiger partial charge in [-0.2, -0.15) is 0 Å². The zero-order valence-corrected chi connectivity index (χ0v) is 33.9. The standard InChI is InChI=1S/C42H70O12/c1-9-29(43)21-31-26(2)15-20-41(51-31)23-32-28(4)33(52-41)24-42-40(54-42,25-37(5,6)53-42)18-14-12-10-11-13-17-38(7,48)34(45)22-30(44)27(3)36(47)39(8,49)19-16-35(46)50-32/h14,16,18-19,26-34,36,43-45,47-49H,9-13,15,17,20-25H2,1-8H3/b18-14+,19-16+/t26-,27-,28-,29-,30+,31-,32+,33-,34+,36-,38-,39-,40-,41-,42-/m0/s1. The third kappa shape index (κ3) is 9.63. The Morgan fingerprint density at radius 1 is 0.889 bits per heavy atom. The van der Waals surface area contributed by atoms with Gasteiger partial charge < -0.3 is 54.3 Å². The minimum atomic E-state index is -1.94. The molecule has 0 aromatic rings. The number of epoxide rings is 1. The van der Waals surface area contributed by atoms with Crippen molar-refractivity contribution in [3.63, 3.8) is 0 Å². The largest absolute Gasteiger partial charge is 0.459 e. The van der Waals surface area contributed by atoms with Gasteiger partial charge in [0.1, 0.15) is 17.3 Å². The number of fused-ring (bicyclic) bond motifs is 2. The van der Waals surface area contributed by atoms with Gasteiger partial charge in [-0.3, -0.25) is 0 Å². The number of ether oxygens (including phenoxy) is 5. The Labute approximate surface area is 322 Å². The minimum absolute atomic E-state index is 0.198. The van der Waals surface area contributed by atoms with Crippen molar-refractivity contribution in [1.29, 1.82) is 0 Å². The molecule has 4 saturated heterocycles. The molecule has 0 unspecified atom stereocenters. The molecule has 54 heavy (non-hydrogen) atoms. The highest BCUT2D eigenvalue weighted by Crippen LogP contribution is 2.65. The van der Waals surface area contributed by atoms with Gasteiger partial charge in [0.2, 0.25) is 5.79 Å². The van der Waals surface area contributed by atoms with Crippen molar-refractivity contribution < 1.29 is 59.1 Å². The van der Waals surface area contributed by atoms with Crippen molar-refractivity contribution in [2.45, 2.75) is 216 Å². The van der Waals surface area contributed by atoms with E-state index in [1.165, 1.54) is 13.0 Å². The van der Waals surface area contributed by atoms with Crippen molar-refractivity contribution in [2.24, 2.45) is 17.8 Å². The molecule has 15 atom stereocenters. The molecule has 4 fully saturated rings. The van der Waals surface area contributed by atoms with Crippen LogP contribution in [0.2, 0.25) is 0 Å². The normalized spacial score (nSPS) is 49.8. The zero-order valence-electron chi connectivity index (χ0n) is 33.9. The van der Waals surface area contributed by atoms with Crippen molar-refractivity contribution in [2.75, 3.05) is 0 Å². The molecule has 2 bridgehead atoms. The van der Waals surface area contributed by atoms with Gasteiger partial charge >= 0.3 is 5.97 Å². The molecule has 0 aliphatic carbocycles. The van der Waals surface area contributed by atoms with Crippen LogP contribution in [0.25, 0.3) is 0 Å². The molecule has 12 heteroatoms. The van der Waals surface area contributed by atoms with Crippen LogP contribution >= 0.6 is 0 Å². The SMILES string of the molecule is CC[C@H](O)C[C@@H]1O[C@]2(CC[C@@H]1C)C[C@H]1OC(=O)/C=C/[C@](C)(O)[C@@H](O)[C@@H](C)[C@H](O)C[C@@H](O)[C@@](C)(O)CCCCC/C=C/[C@]34CC(C)(C)O[C@@]3(C[C@H](O2)[C@H]1C)O4. The monoisotopic (exact) mass is 766 g/mol. The van der Waals surface area contributed by atoms with Gasteiger partial charge in [0.15, 0.2) is 5.79 Å². The fourth-order valence-corrected chi connectivity index (χ4v) is 9.30. The molecule has 5 aliphatic rings. The molecule has 12 nitrogen and oxygen atoms in total. The molecular formula is C42H70O12. The fraction of sp³-hybridized carbons (Fsp3) is 0.881. The van der Waals surface area contributed by atoms with Crippen LogP contribution in [-0.4, -0.2) is 113 Å². The fourth-order valence-electron chi connectivity index (χ4n) is 9.30. The Balaban J connectivity index is 1.44. The van der Waals surface area contributed by atoms with Gasteiger partial charge in [-0.1, -0.05) is 52.7 Å². The summed E-state index contributed by atoms with van der Waals surface area (Å²) >= 11 is 0. The molecule has 6 N–H and O–H groups in total. The number of carbonyl (C=O) groups excluding carboxylic acids is 1. The Hall–Kier alpha value is -1.45. The molecule has 5 rings (SSSR count). The maximum Gasteiger partial charge on any atom is 0.330 e. The van der Waals surface area contributed by atoms with E-state index in [0.717, 1.165) is 31.8 Å². The quantitative estimate of drug-likeness (QED) is 0.132. The van der Waals surface area contributed by atoms with E-state index in [0.29, 0.717) is 44.9 Å². The highest BCUT2D eigenvalue weighted by atomic mass is 16.8. The molecule has 0 aromatic heterocycles. The average molecular weight is 767 g/mol. The Morgan fingerprint density at radius 2 is 1.61 bits per heavy atom. The van der Waals surface area contributed by atoms with Crippen LogP contribution in [0.4, 0.5) is 0 Å². The lowest BCUT2D eigenvalue weighted by molar-refractivity contribution is -0.351. The number of aliphatic hydroxyl groups is 6. The van der Waals surface area contributed by atoms with Gasteiger partial charge in [0, 0.05) is 50.0 Å². The third-order valence-corrected chi connectivity index (χ3v) is 13.2. The highest BCUT2D eigenvalue weighted by molar-refractivity contribution is 5.82. The van der Waals surface area contributed by atoms with E-state index < -0.39 is 82.5 Å². The molecule has 5 aliphatic heterocycles. The number of allylic oxidation sites excluding steroid dienone is 1. The molecule has 0 radical (unpaired) electrons. The Kier molecular flexibility index (Phi) is 13.3. The summed E-state index contributed by atoms with van der Waals surface area (Å²) in [5.74, 6) is -3.73. The van der Waals surface area contributed by atoms with Crippen LogP contribution in [0.3, 0.4) is 0 Å². The van der Waals surface area contributed by atoms with E-state index in [4.69, 9.17) is 23.7 Å². The van der Waals surface area contributed by atoms with Crippen molar-refractivity contribution in [3.8, 4) is 0 Å².